The summed E-state index contributed by atoms with van der Waals surface area (Å²) >= 11 is 2.20. The summed E-state index contributed by atoms with van der Waals surface area (Å²) in [6.45, 7) is 0. The van der Waals surface area contributed by atoms with Crippen molar-refractivity contribution in [3.05, 3.63) is 42.8 Å². The van der Waals surface area contributed by atoms with Gasteiger partial charge < -0.3 is 26.7 Å². The van der Waals surface area contributed by atoms with Crippen LogP contribution >= 0.6 is 23.1 Å². The summed E-state index contributed by atoms with van der Waals surface area (Å²) in [5.41, 5.74) is 8.35. The smallest absolute Gasteiger partial charge is 0.352 e. The van der Waals surface area contributed by atoms with Crippen molar-refractivity contribution in [3.63, 3.8) is 0 Å². The Kier molecular flexibility index (Phi) is 5.21. The monoisotopic (exact) mass is 478 g/mol. The number of thioether (sulfide) groups is 1. The number of carbonyl (C=O) groups excluding carboxylic acids is 2. The molecule has 2 atom stereocenters. The van der Waals surface area contributed by atoms with Crippen LogP contribution in [0.1, 0.15) is 11.3 Å². The van der Waals surface area contributed by atoms with E-state index >= 15 is 0 Å². The third-order valence-corrected chi connectivity index (χ3v) is 6.82. The topological polar surface area (TPSA) is 207 Å². The molecule has 1 aromatic carbocycles. The second kappa shape index (κ2) is 7.76. The minimum Gasteiger partial charge on any atom is -0.477 e. The lowest BCUT2D eigenvalue weighted by Gasteiger charge is -2.49. The van der Waals surface area contributed by atoms with Gasteiger partial charge in [0.05, 0.1) is 11.3 Å². The van der Waals surface area contributed by atoms with Crippen LogP contribution in [0.25, 0.3) is 5.57 Å². The quantitative estimate of drug-likeness (QED) is 0.157. The van der Waals surface area contributed by atoms with Crippen LogP contribution in [0, 0.1) is 0 Å². The highest BCUT2D eigenvalue weighted by Crippen LogP contribution is 2.43. The Morgan fingerprint density at radius 2 is 2.03 bits per heavy atom. The second-order valence-electron chi connectivity index (χ2n) is 6.63. The Bertz CT molecular complexity index is 1310. The van der Waals surface area contributed by atoms with E-state index in [1.807, 2.05) is 0 Å². The van der Waals surface area contributed by atoms with Crippen LogP contribution < -0.4 is 27.6 Å². The van der Waals surface area contributed by atoms with Gasteiger partial charge in [-0.05, 0) is 0 Å². The molecule has 0 radical (unpaired) electrons. The molecule has 0 spiro atoms. The SMILES string of the molecule is CO/N=C(\C(=O)NC1C(=O)N2C(C(=O)O)=C(c3c(N)c(=O)c3=O)CS[C@@H]12)c1csc(N)n1. The van der Waals surface area contributed by atoms with Crippen LogP contribution in [0.4, 0.5) is 10.8 Å². The Morgan fingerprint density at radius 3 is 2.59 bits per heavy atom. The molecule has 0 bridgehead atoms. The van der Waals surface area contributed by atoms with E-state index in [0.29, 0.717) is 0 Å². The Hall–Kier alpha value is -3.72. The number of aromatic nitrogens is 1. The minimum atomic E-state index is -1.46. The van der Waals surface area contributed by atoms with Gasteiger partial charge in [-0.3, -0.25) is 24.1 Å². The van der Waals surface area contributed by atoms with E-state index in [1.165, 1.54) is 12.5 Å². The number of carboxylic acids is 1. The van der Waals surface area contributed by atoms with Gasteiger partial charge in [0.25, 0.3) is 11.8 Å². The molecule has 1 fully saturated rings. The van der Waals surface area contributed by atoms with E-state index in [9.17, 15) is 29.1 Å². The number of carboxylic acid groups (broad SMARTS) is 1. The summed E-state index contributed by atoms with van der Waals surface area (Å²) in [4.78, 5) is 70.3. The summed E-state index contributed by atoms with van der Waals surface area (Å²) in [5, 5.41) is 16.7. The van der Waals surface area contributed by atoms with Crippen LogP contribution in [0.3, 0.4) is 0 Å². The molecule has 15 heteroatoms. The van der Waals surface area contributed by atoms with E-state index in [-0.39, 0.29) is 39.1 Å². The highest BCUT2D eigenvalue weighted by atomic mass is 32.2. The van der Waals surface area contributed by atoms with Crippen LogP contribution in [-0.4, -0.2) is 62.8 Å². The lowest BCUT2D eigenvalue weighted by molar-refractivity contribution is -0.149. The average Bonchev–Trinajstić information content (AvgIpc) is 3.20. The average molecular weight is 478 g/mol. The van der Waals surface area contributed by atoms with Crippen molar-refractivity contribution < 1.29 is 24.3 Å². The molecule has 166 valence electrons. The fourth-order valence-corrected chi connectivity index (χ4v) is 5.32. The molecule has 2 aliphatic rings. The first-order chi connectivity index (χ1) is 15.2. The zero-order valence-corrected chi connectivity index (χ0v) is 17.8. The molecule has 13 nitrogen and oxygen atoms in total. The molecule has 2 amide bonds. The maximum atomic E-state index is 12.8. The number of nitrogens with zero attached hydrogens (tertiary/aromatic N) is 3. The van der Waals surface area contributed by atoms with Gasteiger partial charge in [-0.1, -0.05) is 5.16 Å². The zero-order chi connectivity index (χ0) is 23.3. The number of rotatable bonds is 6. The normalized spacial score (nSPS) is 20.7. The molecule has 2 aliphatic heterocycles. The van der Waals surface area contributed by atoms with Crippen molar-refractivity contribution in [2.45, 2.75) is 11.4 Å². The lowest BCUT2D eigenvalue weighted by atomic mass is 9.95. The molecule has 0 aliphatic carbocycles. The summed E-state index contributed by atoms with van der Waals surface area (Å²) in [6.07, 6.45) is 0. The van der Waals surface area contributed by atoms with Crippen molar-refractivity contribution in [2.24, 2.45) is 5.16 Å². The summed E-state index contributed by atoms with van der Waals surface area (Å²) in [6, 6.07) is -1.06. The first-order valence-corrected chi connectivity index (χ1v) is 10.7. The van der Waals surface area contributed by atoms with Crippen molar-refractivity contribution in [1.29, 1.82) is 0 Å². The van der Waals surface area contributed by atoms with Gasteiger partial charge in [-0.2, -0.15) is 0 Å². The number of hydrogen-bond donors (Lipinski definition) is 4. The van der Waals surface area contributed by atoms with Gasteiger partial charge in [0.15, 0.2) is 10.8 Å². The molecule has 1 saturated heterocycles. The number of thiazole rings is 1. The number of nitrogens with one attached hydrogen (secondary N) is 1. The molecule has 0 saturated carbocycles. The van der Waals surface area contributed by atoms with Crippen molar-refractivity contribution in [2.75, 3.05) is 24.3 Å². The van der Waals surface area contributed by atoms with Crippen LogP contribution in [0.15, 0.2) is 25.8 Å². The van der Waals surface area contributed by atoms with Crippen LogP contribution in [-0.2, 0) is 19.2 Å². The Labute approximate surface area is 186 Å². The Balaban J connectivity index is 1.60. The summed E-state index contributed by atoms with van der Waals surface area (Å²) < 4.78 is 0. The lowest BCUT2D eigenvalue weighted by Crippen LogP contribution is -2.71. The van der Waals surface area contributed by atoms with Gasteiger partial charge in [-0.15, -0.1) is 23.1 Å². The minimum absolute atomic E-state index is 0.000852. The van der Waals surface area contributed by atoms with E-state index in [4.69, 9.17) is 11.5 Å². The van der Waals surface area contributed by atoms with Crippen LogP contribution in [0.5, 0.6) is 0 Å². The molecule has 6 N–H and O–H groups in total. The summed E-state index contributed by atoms with van der Waals surface area (Å²) in [7, 11) is 1.23. The number of oxime groups is 1. The number of β-lactam (4-membered cyclic amide) rings is 1. The maximum absolute atomic E-state index is 12.8. The molecule has 1 aromatic heterocycles. The molecule has 2 aromatic rings. The van der Waals surface area contributed by atoms with Crippen molar-refractivity contribution in [1.82, 2.24) is 15.2 Å². The van der Waals surface area contributed by atoms with Crippen molar-refractivity contribution in [3.8, 4) is 0 Å². The standard InChI is InChI=1S/C17H14N6O7S2/c1-30-22-8(5-3-32-17(19)20-5)13(26)21-9-14(27)23-10(16(28)29)4(2-31-15(9)23)6-7(18)12(25)11(6)24/h3,9,15H,2,18H2,1H3,(H2,19,20)(H,21,26)(H,28,29)/b22-8-/t9?,15-/m0/s1. The number of aliphatic carboxylic acids is 1. The van der Waals surface area contributed by atoms with Gasteiger partial charge in [0, 0.05) is 16.7 Å². The van der Waals surface area contributed by atoms with Crippen LogP contribution in [0.2, 0.25) is 0 Å². The van der Waals surface area contributed by atoms with Crippen molar-refractivity contribution >= 4 is 63.0 Å². The molecule has 4 rings (SSSR count). The molecule has 32 heavy (non-hydrogen) atoms. The highest BCUT2D eigenvalue weighted by Gasteiger charge is 2.55. The largest absolute Gasteiger partial charge is 0.477 e. The Morgan fingerprint density at radius 1 is 1.31 bits per heavy atom. The third kappa shape index (κ3) is 3.13. The van der Waals surface area contributed by atoms with Gasteiger partial charge >= 0.3 is 5.97 Å². The van der Waals surface area contributed by atoms with E-state index in [0.717, 1.165) is 28.0 Å². The van der Waals surface area contributed by atoms with E-state index in [2.05, 4.69) is 20.3 Å². The van der Waals surface area contributed by atoms with Gasteiger partial charge in [0.2, 0.25) is 10.9 Å². The second-order valence-corrected chi connectivity index (χ2v) is 8.63. The first-order valence-electron chi connectivity index (χ1n) is 8.81. The predicted octanol–water partition coefficient (Wildman–Crippen LogP) is -1.85. The first kappa shape index (κ1) is 21.5. The number of nitrogen functional groups attached to an aromatic ring is 2. The van der Waals surface area contributed by atoms with Gasteiger partial charge in [-0.25, -0.2) is 9.78 Å². The maximum Gasteiger partial charge on any atom is 0.352 e. The van der Waals surface area contributed by atoms with Gasteiger partial charge in [0.1, 0.15) is 29.9 Å². The third-order valence-electron chi connectivity index (χ3n) is 4.87. The molecular weight excluding hydrogens is 464 g/mol. The number of fused-ring (bicyclic) bond motifs is 1. The predicted molar refractivity (Wildman–Crippen MR) is 115 cm³/mol. The fourth-order valence-electron chi connectivity index (χ4n) is 3.42. The highest BCUT2D eigenvalue weighted by molar-refractivity contribution is 8.00. The fraction of sp³-hybridized carbons (Fsp3) is 0.235. The molecular formula is C17H14N6O7S2. The number of anilines is 2. The number of amides is 2. The van der Waals surface area contributed by atoms with E-state index < -0.39 is 45.8 Å². The molecule has 3 heterocycles. The summed E-state index contributed by atoms with van der Waals surface area (Å²) in [5.74, 6) is -2.94. The van der Waals surface area contributed by atoms with E-state index in [1.54, 1.807) is 0 Å². The number of hydrogen-bond acceptors (Lipinski definition) is 12. The zero-order valence-electron chi connectivity index (χ0n) is 16.1. The number of nitrogens with two attached hydrogens (primary N) is 2. The number of carbonyl (C=O) groups is 3. The molecule has 1 unspecified atom stereocenters.